The summed E-state index contributed by atoms with van der Waals surface area (Å²) in [5.41, 5.74) is -0.0119. The van der Waals surface area contributed by atoms with E-state index < -0.39 is 9.75 Å². The summed E-state index contributed by atoms with van der Waals surface area (Å²) in [5.74, 6) is -0.167. The summed E-state index contributed by atoms with van der Waals surface area (Å²) in [7, 11) is 0. The first-order chi connectivity index (χ1) is 7.35. The molecule has 16 heavy (non-hydrogen) atoms. The average Bonchev–Trinajstić information content (AvgIpc) is 2.71. The largest absolute Gasteiger partial charge is 0.326 e. The molecule has 1 atom stereocenters. The summed E-state index contributed by atoms with van der Waals surface area (Å²) in [6.45, 7) is 1.75. The molecule has 0 bridgehead atoms. The highest BCUT2D eigenvalue weighted by Crippen LogP contribution is 2.64. The van der Waals surface area contributed by atoms with Gasteiger partial charge in [0.1, 0.15) is 4.33 Å². The van der Waals surface area contributed by atoms with Gasteiger partial charge in [0.25, 0.3) is 0 Å². The molecule has 0 radical (unpaired) electrons. The number of carbonyl (C=O) groups is 1. The van der Waals surface area contributed by atoms with Crippen LogP contribution in [0.15, 0.2) is 24.3 Å². The van der Waals surface area contributed by atoms with Gasteiger partial charge in [-0.05, 0) is 37.6 Å². The van der Waals surface area contributed by atoms with Crippen molar-refractivity contribution < 1.29 is 4.79 Å². The van der Waals surface area contributed by atoms with E-state index in [0.717, 1.165) is 0 Å². The van der Waals surface area contributed by atoms with Crippen molar-refractivity contribution in [2.24, 2.45) is 5.41 Å². The minimum atomic E-state index is -0.941. The van der Waals surface area contributed by atoms with Crippen LogP contribution in [0, 0.1) is 5.41 Å². The highest BCUT2D eigenvalue weighted by molar-refractivity contribution is 6.53. The highest BCUT2D eigenvalue weighted by Gasteiger charge is 2.67. The molecule has 2 rings (SSSR count). The van der Waals surface area contributed by atoms with Gasteiger partial charge in [0.15, 0.2) is 0 Å². The van der Waals surface area contributed by atoms with Crippen LogP contribution in [0.5, 0.6) is 0 Å². The zero-order chi connectivity index (χ0) is 12.0. The number of benzene rings is 1. The lowest BCUT2D eigenvalue weighted by molar-refractivity contribution is -0.120. The maximum absolute atomic E-state index is 11.9. The lowest BCUT2D eigenvalue weighted by Crippen LogP contribution is -2.25. The maximum atomic E-state index is 11.9. The quantitative estimate of drug-likeness (QED) is 0.818. The number of anilines is 1. The van der Waals surface area contributed by atoms with E-state index in [0.29, 0.717) is 17.1 Å². The average molecular weight is 279 g/mol. The molecule has 1 amide bonds. The van der Waals surface area contributed by atoms with Crippen LogP contribution in [0.25, 0.3) is 0 Å². The van der Waals surface area contributed by atoms with Crippen molar-refractivity contribution >= 4 is 46.4 Å². The van der Waals surface area contributed by atoms with E-state index in [1.807, 2.05) is 0 Å². The van der Waals surface area contributed by atoms with Crippen LogP contribution in [0.2, 0.25) is 5.02 Å². The van der Waals surface area contributed by atoms with Crippen LogP contribution in [0.3, 0.4) is 0 Å². The second-order valence-electron chi connectivity index (χ2n) is 4.17. The fourth-order valence-corrected chi connectivity index (χ4v) is 2.28. The van der Waals surface area contributed by atoms with Gasteiger partial charge in [-0.3, -0.25) is 4.79 Å². The van der Waals surface area contributed by atoms with Gasteiger partial charge in [-0.15, -0.1) is 23.2 Å². The highest BCUT2D eigenvalue weighted by atomic mass is 35.5. The summed E-state index contributed by atoms with van der Waals surface area (Å²) >= 11 is 17.6. The number of carbonyl (C=O) groups excluding carboxylic acids is 1. The van der Waals surface area contributed by atoms with E-state index in [4.69, 9.17) is 34.8 Å². The fourth-order valence-electron chi connectivity index (χ4n) is 1.45. The molecule has 0 aliphatic heterocycles. The molecule has 1 unspecified atom stereocenters. The summed E-state index contributed by atoms with van der Waals surface area (Å²) in [5, 5.41) is 3.39. The molecule has 1 N–H and O–H groups in total. The molecule has 1 aliphatic carbocycles. The van der Waals surface area contributed by atoms with Crippen molar-refractivity contribution in [2.75, 3.05) is 5.32 Å². The molecule has 0 aromatic heterocycles. The lowest BCUT2D eigenvalue weighted by atomic mass is 10.1. The van der Waals surface area contributed by atoms with Crippen molar-refractivity contribution in [1.82, 2.24) is 0 Å². The van der Waals surface area contributed by atoms with Gasteiger partial charge in [-0.2, -0.15) is 0 Å². The Bertz CT molecular complexity index is 429. The fraction of sp³-hybridized carbons (Fsp3) is 0.364. The van der Waals surface area contributed by atoms with Gasteiger partial charge in [0.05, 0.1) is 5.41 Å². The van der Waals surface area contributed by atoms with E-state index in [2.05, 4.69) is 5.32 Å². The number of alkyl halides is 2. The molecule has 86 valence electrons. The summed E-state index contributed by atoms with van der Waals surface area (Å²) < 4.78 is -0.941. The Morgan fingerprint density at radius 2 is 1.81 bits per heavy atom. The van der Waals surface area contributed by atoms with Crippen LogP contribution in [0.1, 0.15) is 13.3 Å². The monoisotopic (exact) mass is 277 g/mol. The standard InChI is InChI=1S/C11H10Cl3NO/c1-10(6-11(10,13)14)9(16)15-8-4-2-7(12)3-5-8/h2-5H,6H2,1H3,(H,15,16). The van der Waals surface area contributed by atoms with E-state index in [9.17, 15) is 4.79 Å². The third-order valence-corrected chi connectivity index (χ3v) is 4.21. The van der Waals surface area contributed by atoms with Crippen LogP contribution < -0.4 is 5.32 Å². The van der Waals surface area contributed by atoms with E-state index in [1.165, 1.54) is 0 Å². The van der Waals surface area contributed by atoms with Gasteiger partial charge >= 0.3 is 0 Å². The Kier molecular flexibility index (Phi) is 2.85. The summed E-state index contributed by atoms with van der Waals surface area (Å²) in [4.78, 5) is 11.9. The number of rotatable bonds is 2. The molecule has 1 aliphatic rings. The summed E-state index contributed by atoms with van der Waals surface area (Å²) in [6.07, 6.45) is 0.475. The Labute approximate surface area is 109 Å². The first-order valence-corrected chi connectivity index (χ1v) is 5.93. The second kappa shape index (κ2) is 3.80. The second-order valence-corrected chi connectivity index (χ2v) is 6.09. The molecule has 1 saturated carbocycles. The third kappa shape index (κ3) is 2.02. The van der Waals surface area contributed by atoms with E-state index in [-0.39, 0.29) is 5.91 Å². The molecule has 0 spiro atoms. The minimum absolute atomic E-state index is 0.167. The van der Waals surface area contributed by atoms with Crippen molar-refractivity contribution in [2.45, 2.75) is 17.7 Å². The first-order valence-electron chi connectivity index (χ1n) is 4.80. The van der Waals surface area contributed by atoms with Gasteiger partial charge in [0, 0.05) is 10.7 Å². The van der Waals surface area contributed by atoms with Crippen LogP contribution in [0.4, 0.5) is 5.69 Å². The van der Waals surface area contributed by atoms with Crippen LogP contribution >= 0.6 is 34.8 Å². The van der Waals surface area contributed by atoms with E-state index in [1.54, 1.807) is 31.2 Å². The molecule has 5 heteroatoms. The first kappa shape index (κ1) is 12.0. The maximum Gasteiger partial charge on any atom is 0.233 e. The van der Waals surface area contributed by atoms with Crippen LogP contribution in [-0.2, 0) is 4.79 Å². The van der Waals surface area contributed by atoms with Crippen molar-refractivity contribution in [3.05, 3.63) is 29.3 Å². The Hall–Kier alpha value is -0.440. The Morgan fingerprint density at radius 1 is 1.31 bits per heavy atom. The van der Waals surface area contributed by atoms with Gasteiger partial charge in [-0.25, -0.2) is 0 Å². The van der Waals surface area contributed by atoms with Gasteiger partial charge < -0.3 is 5.32 Å². The topological polar surface area (TPSA) is 29.1 Å². The lowest BCUT2D eigenvalue weighted by Gasteiger charge is -2.12. The molecule has 1 aromatic carbocycles. The Morgan fingerprint density at radius 3 is 2.25 bits per heavy atom. The Balaban J connectivity index is 2.07. The number of halogens is 3. The zero-order valence-electron chi connectivity index (χ0n) is 8.56. The van der Waals surface area contributed by atoms with Gasteiger partial charge in [-0.1, -0.05) is 11.6 Å². The normalized spacial score (nSPS) is 26.2. The van der Waals surface area contributed by atoms with Crippen molar-refractivity contribution in [3.8, 4) is 0 Å². The summed E-state index contributed by atoms with van der Waals surface area (Å²) in [6, 6.07) is 6.88. The molecule has 1 aromatic rings. The zero-order valence-corrected chi connectivity index (χ0v) is 10.8. The van der Waals surface area contributed by atoms with Gasteiger partial charge in [0.2, 0.25) is 5.91 Å². The number of nitrogens with one attached hydrogen (secondary N) is 1. The molecule has 0 heterocycles. The van der Waals surface area contributed by atoms with Crippen molar-refractivity contribution in [3.63, 3.8) is 0 Å². The molecule has 0 saturated heterocycles. The number of hydrogen-bond acceptors (Lipinski definition) is 1. The van der Waals surface area contributed by atoms with E-state index >= 15 is 0 Å². The van der Waals surface area contributed by atoms with Crippen LogP contribution in [-0.4, -0.2) is 10.2 Å². The predicted octanol–water partition coefficient (Wildman–Crippen LogP) is 3.86. The smallest absolute Gasteiger partial charge is 0.233 e. The SMILES string of the molecule is CC1(C(=O)Nc2ccc(Cl)cc2)CC1(Cl)Cl. The predicted molar refractivity (Wildman–Crippen MR) is 67.2 cm³/mol. The number of amides is 1. The van der Waals surface area contributed by atoms with Crippen molar-refractivity contribution in [1.29, 1.82) is 0 Å². The number of hydrogen-bond donors (Lipinski definition) is 1. The molecular weight excluding hydrogens is 268 g/mol. The molecular formula is C11H10Cl3NO. The minimum Gasteiger partial charge on any atom is -0.326 e. The third-order valence-electron chi connectivity index (χ3n) is 2.86. The molecule has 1 fully saturated rings. The molecule has 2 nitrogen and oxygen atoms in total.